The minimum atomic E-state index is 0.116. The predicted molar refractivity (Wildman–Crippen MR) is 61.8 cm³/mol. The molecule has 0 saturated carbocycles. The number of rotatable bonds is 5. The van der Waals surface area contributed by atoms with E-state index in [0.29, 0.717) is 12.6 Å². The van der Waals surface area contributed by atoms with E-state index in [0.717, 1.165) is 19.5 Å². The van der Waals surface area contributed by atoms with Crippen LogP contribution in [0.2, 0.25) is 0 Å². The van der Waals surface area contributed by atoms with Crippen LogP contribution in [0.15, 0.2) is 0 Å². The third kappa shape index (κ3) is 5.14. The lowest BCUT2D eigenvalue weighted by Crippen LogP contribution is -2.47. The van der Waals surface area contributed by atoms with Crippen LogP contribution < -0.4 is 10.6 Å². The Bertz CT molecular complexity index is 196. The summed E-state index contributed by atoms with van der Waals surface area (Å²) in [5.41, 5.74) is 0. The normalized spacial score (nSPS) is 22.7. The Kier molecular flexibility index (Phi) is 5.65. The molecule has 0 radical (unpaired) electrons. The summed E-state index contributed by atoms with van der Waals surface area (Å²) in [4.78, 5) is 13.6. The SMILES string of the molecule is CCCNC(=O)CNC1CCCN(C)C1. The van der Waals surface area contributed by atoms with Crippen molar-refractivity contribution in [2.75, 3.05) is 33.2 Å². The number of hydrogen-bond donors (Lipinski definition) is 2. The molecule has 15 heavy (non-hydrogen) atoms. The molecule has 1 fully saturated rings. The molecule has 1 heterocycles. The second-order valence-electron chi connectivity index (χ2n) is 4.33. The zero-order chi connectivity index (χ0) is 11.1. The van der Waals surface area contributed by atoms with Gasteiger partial charge in [-0.1, -0.05) is 6.92 Å². The molecule has 0 aromatic heterocycles. The molecule has 1 saturated heterocycles. The van der Waals surface area contributed by atoms with Gasteiger partial charge in [-0.2, -0.15) is 0 Å². The molecule has 1 aliphatic rings. The highest BCUT2D eigenvalue weighted by Gasteiger charge is 2.16. The lowest BCUT2D eigenvalue weighted by molar-refractivity contribution is -0.120. The van der Waals surface area contributed by atoms with Gasteiger partial charge in [0, 0.05) is 19.1 Å². The first-order chi connectivity index (χ1) is 7.22. The summed E-state index contributed by atoms with van der Waals surface area (Å²) in [6.45, 7) is 5.54. The molecule has 0 spiro atoms. The van der Waals surface area contributed by atoms with Crippen molar-refractivity contribution in [3.63, 3.8) is 0 Å². The molecule has 1 amide bonds. The van der Waals surface area contributed by atoms with Gasteiger partial charge in [-0.25, -0.2) is 0 Å². The molecule has 88 valence electrons. The van der Waals surface area contributed by atoms with E-state index in [1.54, 1.807) is 0 Å². The fourth-order valence-corrected chi connectivity index (χ4v) is 1.90. The highest BCUT2D eigenvalue weighted by molar-refractivity contribution is 5.77. The number of likely N-dealkylation sites (N-methyl/N-ethyl adjacent to an activating group) is 1. The molecule has 0 aromatic rings. The summed E-state index contributed by atoms with van der Waals surface area (Å²) in [5.74, 6) is 0.116. The molecule has 0 aromatic carbocycles. The van der Waals surface area contributed by atoms with E-state index in [1.165, 1.54) is 19.4 Å². The summed E-state index contributed by atoms with van der Waals surface area (Å²) in [6.07, 6.45) is 3.41. The largest absolute Gasteiger partial charge is 0.355 e. The highest BCUT2D eigenvalue weighted by atomic mass is 16.1. The quantitative estimate of drug-likeness (QED) is 0.685. The number of piperidine rings is 1. The Morgan fingerprint density at radius 3 is 3.00 bits per heavy atom. The van der Waals surface area contributed by atoms with Crippen LogP contribution in [0.3, 0.4) is 0 Å². The number of nitrogens with zero attached hydrogens (tertiary/aromatic N) is 1. The number of carbonyl (C=O) groups is 1. The van der Waals surface area contributed by atoms with Crippen molar-refractivity contribution < 1.29 is 4.79 Å². The molecule has 1 unspecified atom stereocenters. The summed E-state index contributed by atoms with van der Waals surface area (Å²) in [6, 6.07) is 0.483. The zero-order valence-electron chi connectivity index (χ0n) is 9.88. The van der Waals surface area contributed by atoms with Crippen molar-refractivity contribution in [1.82, 2.24) is 15.5 Å². The van der Waals surface area contributed by atoms with Gasteiger partial charge in [0.05, 0.1) is 6.54 Å². The van der Waals surface area contributed by atoms with Crippen LogP contribution in [0.5, 0.6) is 0 Å². The average Bonchev–Trinajstić information content (AvgIpc) is 2.23. The fourth-order valence-electron chi connectivity index (χ4n) is 1.90. The molecule has 1 aliphatic heterocycles. The van der Waals surface area contributed by atoms with E-state index in [1.807, 2.05) is 0 Å². The van der Waals surface area contributed by atoms with Crippen LogP contribution in [0.1, 0.15) is 26.2 Å². The van der Waals surface area contributed by atoms with Gasteiger partial charge in [-0.3, -0.25) is 4.79 Å². The van der Waals surface area contributed by atoms with Crippen molar-refractivity contribution in [3.05, 3.63) is 0 Å². The first kappa shape index (κ1) is 12.5. The van der Waals surface area contributed by atoms with Crippen LogP contribution in [0.4, 0.5) is 0 Å². The first-order valence-corrected chi connectivity index (χ1v) is 5.91. The maximum Gasteiger partial charge on any atom is 0.233 e. The van der Waals surface area contributed by atoms with E-state index >= 15 is 0 Å². The number of likely N-dealkylation sites (tertiary alicyclic amines) is 1. The fraction of sp³-hybridized carbons (Fsp3) is 0.909. The van der Waals surface area contributed by atoms with Crippen LogP contribution >= 0.6 is 0 Å². The van der Waals surface area contributed by atoms with Crippen LogP contribution in [-0.2, 0) is 4.79 Å². The van der Waals surface area contributed by atoms with Gasteiger partial charge in [0.25, 0.3) is 0 Å². The Hall–Kier alpha value is -0.610. The number of hydrogen-bond acceptors (Lipinski definition) is 3. The third-order valence-corrected chi connectivity index (χ3v) is 2.75. The van der Waals surface area contributed by atoms with E-state index in [2.05, 4.69) is 29.5 Å². The van der Waals surface area contributed by atoms with E-state index < -0.39 is 0 Å². The molecular weight excluding hydrogens is 190 g/mol. The molecule has 1 rings (SSSR count). The molecule has 0 bridgehead atoms. The first-order valence-electron chi connectivity index (χ1n) is 5.91. The molecule has 2 N–H and O–H groups in total. The van der Waals surface area contributed by atoms with Crippen LogP contribution in [0.25, 0.3) is 0 Å². The Balaban J connectivity index is 2.10. The minimum absolute atomic E-state index is 0.116. The van der Waals surface area contributed by atoms with E-state index in [4.69, 9.17) is 0 Å². The molecule has 0 aliphatic carbocycles. The second kappa shape index (κ2) is 6.80. The molecular formula is C11H23N3O. The van der Waals surface area contributed by atoms with Crippen LogP contribution in [-0.4, -0.2) is 50.1 Å². The lowest BCUT2D eigenvalue weighted by atomic mass is 10.1. The van der Waals surface area contributed by atoms with Gasteiger partial charge in [0.2, 0.25) is 5.91 Å². The predicted octanol–water partition coefficient (Wildman–Crippen LogP) is 0.196. The van der Waals surface area contributed by atoms with Gasteiger partial charge in [0.15, 0.2) is 0 Å². The zero-order valence-corrected chi connectivity index (χ0v) is 9.88. The monoisotopic (exact) mass is 213 g/mol. The van der Waals surface area contributed by atoms with Gasteiger partial charge in [0.1, 0.15) is 0 Å². The van der Waals surface area contributed by atoms with Crippen molar-refractivity contribution in [1.29, 1.82) is 0 Å². The highest BCUT2D eigenvalue weighted by Crippen LogP contribution is 2.07. The summed E-state index contributed by atoms with van der Waals surface area (Å²) in [7, 11) is 2.13. The smallest absolute Gasteiger partial charge is 0.233 e. The Morgan fingerprint density at radius 1 is 1.53 bits per heavy atom. The Labute approximate surface area is 92.4 Å². The third-order valence-electron chi connectivity index (χ3n) is 2.75. The van der Waals surface area contributed by atoms with E-state index in [-0.39, 0.29) is 5.91 Å². The standard InChI is InChI=1S/C11H23N3O/c1-3-6-12-11(15)8-13-10-5-4-7-14(2)9-10/h10,13H,3-9H2,1-2H3,(H,12,15). The number of carbonyl (C=O) groups excluding carboxylic acids is 1. The maximum absolute atomic E-state index is 11.3. The van der Waals surface area contributed by atoms with Gasteiger partial charge >= 0.3 is 0 Å². The van der Waals surface area contributed by atoms with Crippen LogP contribution in [0, 0.1) is 0 Å². The lowest BCUT2D eigenvalue weighted by Gasteiger charge is -2.30. The summed E-state index contributed by atoms with van der Waals surface area (Å²) in [5, 5.41) is 6.18. The van der Waals surface area contributed by atoms with Gasteiger partial charge in [-0.15, -0.1) is 0 Å². The minimum Gasteiger partial charge on any atom is -0.355 e. The van der Waals surface area contributed by atoms with E-state index in [9.17, 15) is 4.79 Å². The molecule has 4 nitrogen and oxygen atoms in total. The summed E-state index contributed by atoms with van der Waals surface area (Å²) < 4.78 is 0. The number of amides is 1. The number of nitrogens with one attached hydrogen (secondary N) is 2. The molecule has 1 atom stereocenters. The Morgan fingerprint density at radius 2 is 2.33 bits per heavy atom. The average molecular weight is 213 g/mol. The van der Waals surface area contributed by atoms with Gasteiger partial charge < -0.3 is 15.5 Å². The van der Waals surface area contributed by atoms with Crippen molar-refractivity contribution in [3.8, 4) is 0 Å². The maximum atomic E-state index is 11.3. The second-order valence-corrected chi connectivity index (χ2v) is 4.33. The topological polar surface area (TPSA) is 44.4 Å². The van der Waals surface area contributed by atoms with Crippen molar-refractivity contribution in [2.24, 2.45) is 0 Å². The summed E-state index contributed by atoms with van der Waals surface area (Å²) >= 11 is 0. The van der Waals surface area contributed by atoms with Gasteiger partial charge in [-0.05, 0) is 32.9 Å². The molecule has 4 heteroatoms. The van der Waals surface area contributed by atoms with Crippen molar-refractivity contribution >= 4 is 5.91 Å². The van der Waals surface area contributed by atoms with Crippen molar-refractivity contribution in [2.45, 2.75) is 32.2 Å².